The Labute approximate surface area is 77.1 Å². The molecule has 4 aliphatic rings. The quantitative estimate of drug-likeness (QED) is 0.465. The summed E-state index contributed by atoms with van der Waals surface area (Å²) < 4.78 is 0. The zero-order valence-corrected chi connectivity index (χ0v) is 7.43. The fourth-order valence-electron chi connectivity index (χ4n) is 4.72. The van der Waals surface area contributed by atoms with Gasteiger partial charge in [-0.3, -0.25) is 0 Å². The van der Waals surface area contributed by atoms with Crippen molar-refractivity contribution in [3.8, 4) is 0 Å². The molecule has 3 heteroatoms. The molecule has 0 aromatic carbocycles. The van der Waals surface area contributed by atoms with Gasteiger partial charge >= 0.3 is 0 Å². The molecule has 1 aliphatic heterocycles. The van der Waals surface area contributed by atoms with E-state index in [1.807, 2.05) is 0 Å². The average molecular weight is 181 g/mol. The largest absolute Gasteiger partial charge is 0.391 e. The van der Waals surface area contributed by atoms with Crippen LogP contribution in [0.4, 0.5) is 0 Å². The number of hydrogen-bond acceptors (Lipinski definition) is 3. The summed E-state index contributed by atoms with van der Waals surface area (Å²) in [6, 6.07) is 0.596. The highest BCUT2D eigenvalue weighted by atomic mass is 16.3. The van der Waals surface area contributed by atoms with Gasteiger partial charge in [-0.25, -0.2) is 0 Å². The van der Waals surface area contributed by atoms with Gasteiger partial charge in [-0.05, 0) is 36.5 Å². The summed E-state index contributed by atoms with van der Waals surface area (Å²) in [4.78, 5) is 0. The maximum atomic E-state index is 9.97. The van der Waals surface area contributed by atoms with Crippen LogP contribution in [0.2, 0.25) is 0 Å². The van der Waals surface area contributed by atoms with Gasteiger partial charge in [-0.2, -0.15) is 0 Å². The first-order chi connectivity index (χ1) is 6.27. The first kappa shape index (κ1) is 7.21. The molecule has 0 spiro atoms. The van der Waals surface area contributed by atoms with Gasteiger partial charge in [-0.1, -0.05) is 0 Å². The normalized spacial score (nSPS) is 72.5. The van der Waals surface area contributed by atoms with Crippen LogP contribution in [0.1, 0.15) is 12.8 Å². The Morgan fingerprint density at radius 2 is 1.77 bits per heavy atom. The van der Waals surface area contributed by atoms with E-state index in [2.05, 4.69) is 5.32 Å². The van der Waals surface area contributed by atoms with E-state index in [0.717, 1.165) is 12.8 Å². The Morgan fingerprint density at radius 3 is 2.62 bits per heavy atom. The van der Waals surface area contributed by atoms with Gasteiger partial charge in [0.25, 0.3) is 0 Å². The highest BCUT2D eigenvalue weighted by Gasteiger charge is 2.67. The molecular formula is C10H15NO2. The number of aliphatic hydroxyl groups excluding tert-OH is 2. The molecule has 0 aromatic rings. The van der Waals surface area contributed by atoms with Crippen LogP contribution in [0.3, 0.4) is 0 Å². The summed E-state index contributed by atoms with van der Waals surface area (Å²) in [5, 5.41) is 23.4. The Morgan fingerprint density at radius 1 is 0.923 bits per heavy atom. The second-order valence-electron chi connectivity index (χ2n) is 5.32. The summed E-state index contributed by atoms with van der Waals surface area (Å²) in [6.07, 6.45) is 2.01. The molecule has 8 atom stereocenters. The molecule has 0 aromatic heterocycles. The van der Waals surface area contributed by atoms with Crippen LogP contribution in [-0.4, -0.2) is 34.5 Å². The monoisotopic (exact) mass is 181 g/mol. The van der Waals surface area contributed by atoms with E-state index in [1.165, 1.54) is 0 Å². The molecule has 3 saturated carbocycles. The van der Waals surface area contributed by atoms with Gasteiger partial charge in [-0.15, -0.1) is 0 Å². The van der Waals surface area contributed by atoms with Crippen molar-refractivity contribution in [1.82, 2.24) is 5.32 Å². The number of rotatable bonds is 0. The second kappa shape index (κ2) is 1.95. The highest BCUT2D eigenvalue weighted by molar-refractivity contribution is 5.20. The van der Waals surface area contributed by atoms with Gasteiger partial charge in [0.15, 0.2) is 0 Å². The van der Waals surface area contributed by atoms with E-state index in [9.17, 15) is 10.2 Å². The number of piperidine rings is 1. The maximum Gasteiger partial charge on any atom is 0.0727 e. The molecule has 1 heterocycles. The van der Waals surface area contributed by atoms with Crippen LogP contribution >= 0.6 is 0 Å². The predicted octanol–water partition coefficient (Wildman–Crippen LogP) is -0.666. The van der Waals surface area contributed by atoms with E-state index in [0.29, 0.717) is 29.7 Å². The topological polar surface area (TPSA) is 52.5 Å². The molecule has 4 rings (SSSR count). The molecule has 4 bridgehead atoms. The zero-order valence-electron chi connectivity index (χ0n) is 7.43. The van der Waals surface area contributed by atoms with Crippen molar-refractivity contribution in [2.24, 2.45) is 23.7 Å². The summed E-state index contributed by atoms with van der Waals surface area (Å²) in [7, 11) is 0. The van der Waals surface area contributed by atoms with Crippen molar-refractivity contribution in [3.63, 3.8) is 0 Å². The molecule has 13 heavy (non-hydrogen) atoms. The van der Waals surface area contributed by atoms with Crippen LogP contribution in [0.25, 0.3) is 0 Å². The summed E-state index contributed by atoms with van der Waals surface area (Å²) in [5.74, 6) is 2.20. The lowest BCUT2D eigenvalue weighted by Crippen LogP contribution is -2.58. The molecule has 0 radical (unpaired) electrons. The number of fused-ring (bicyclic) bond motifs is 3. The van der Waals surface area contributed by atoms with Crippen LogP contribution in [0.5, 0.6) is 0 Å². The third kappa shape index (κ3) is 0.602. The van der Waals surface area contributed by atoms with Crippen LogP contribution < -0.4 is 5.32 Å². The molecule has 0 amide bonds. The van der Waals surface area contributed by atoms with Crippen molar-refractivity contribution in [1.29, 1.82) is 0 Å². The SMILES string of the molecule is OC1C2CC3C1NC1CC2C3C1O. The molecule has 4 fully saturated rings. The average Bonchev–Trinajstić information content (AvgIpc) is 2.60. The first-order valence-corrected chi connectivity index (χ1v) is 5.39. The Kier molecular flexibility index (Phi) is 1.08. The van der Waals surface area contributed by atoms with Crippen molar-refractivity contribution in [2.45, 2.75) is 37.1 Å². The van der Waals surface area contributed by atoms with Gasteiger partial charge < -0.3 is 15.5 Å². The van der Waals surface area contributed by atoms with Crippen LogP contribution in [-0.2, 0) is 0 Å². The zero-order chi connectivity index (χ0) is 8.74. The number of hydrogen-bond donors (Lipinski definition) is 3. The highest BCUT2D eigenvalue weighted by Crippen LogP contribution is 2.61. The van der Waals surface area contributed by atoms with E-state index >= 15 is 0 Å². The lowest BCUT2D eigenvalue weighted by atomic mass is 9.76. The fourth-order valence-corrected chi connectivity index (χ4v) is 4.72. The third-order valence-electron chi connectivity index (χ3n) is 5.09. The van der Waals surface area contributed by atoms with Crippen molar-refractivity contribution in [2.75, 3.05) is 0 Å². The summed E-state index contributed by atoms with van der Waals surface area (Å²) in [5.41, 5.74) is 0. The summed E-state index contributed by atoms with van der Waals surface area (Å²) >= 11 is 0. The van der Waals surface area contributed by atoms with Crippen molar-refractivity contribution < 1.29 is 10.2 Å². The van der Waals surface area contributed by atoms with Crippen LogP contribution in [0.15, 0.2) is 0 Å². The van der Waals surface area contributed by atoms with Crippen LogP contribution in [0, 0.1) is 23.7 Å². The fraction of sp³-hybridized carbons (Fsp3) is 1.00. The minimum Gasteiger partial charge on any atom is -0.391 e. The summed E-state index contributed by atoms with van der Waals surface area (Å²) in [6.45, 7) is 0. The molecule has 1 saturated heterocycles. The van der Waals surface area contributed by atoms with Gasteiger partial charge in [0, 0.05) is 12.1 Å². The first-order valence-electron chi connectivity index (χ1n) is 5.39. The molecule has 3 nitrogen and oxygen atoms in total. The number of aliphatic hydroxyl groups is 2. The second-order valence-corrected chi connectivity index (χ2v) is 5.32. The lowest BCUT2D eigenvalue weighted by Gasteiger charge is -2.41. The third-order valence-corrected chi connectivity index (χ3v) is 5.09. The Hall–Kier alpha value is -0.120. The lowest BCUT2D eigenvalue weighted by molar-refractivity contribution is -0.0276. The molecule has 3 aliphatic carbocycles. The molecule has 8 unspecified atom stereocenters. The van der Waals surface area contributed by atoms with Gasteiger partial charge in [0.1, 0.15) is 0 Å². The van der Waals surface area contributed by atoms with E-state index in [4.69, 9.17) is 0 Å². The van der Waals surface area contributed by atoms with E-state index < -0.39 is 0 Å². The molecular weight excluding hydrogens is 166 g/mol. The van der Waals surface area contributed by atoms with E-state index in [-0.39, 0.29) is 18.2 Å². The smallest absolute Gasteiger partial charge is 0.0727 e. The minimum absolute atomic E-state index is 0.122. The van der Waals surface area contributed by atoms with E-state index in [1.54, 1.807) is 0 Å². The minimum atomic E-state index is -0.122. The number of nitrogens with one attached hydrogen (secondary N) is 1. The Bertz CT molecular complexity index is 262. The maximum absolute atomic E-state index is 9.97. The van der Waals surface area contributed by atoms with Gasteiger partial charge in [0.05, 0.1) is 12.2 Å². The molecule has 3 N–H and O–H groups in total. The van der Waals surface area contributed by atoms with Crippen molar-refractivity contribution >= 4 is 0 Å². The predicted molar refractivity (Wildman–Crippen MR) is 45.9 cm³/mol. The Balaban J connectivity index is 1.85. The standard InChI is InChI=1S/C10H15NO2/c12-9-4-1-5-7-3(4)2-6(10(7)13)11-8(5)9/h3-13H,1-2H2. The molecule has 72 valence electrons. The van der Waals surface area contributed by atoms with Crippen molar-refractivity contribution in [3.05, 3.63) is 0 Å². The van der Waals surface area contributed by atoms with Gasteiger partial charge in [0.2, 0.25) is 0 Å².